The van der Waals surface area contributed by atoms with Crippen molar-refractivity contribution in [1.29, 1.82) is 0 Å². The van der Waals surface area contributed by atoms with Gasteiger partial charge in [-0.05, 0) is 6.42 Å². The van der Waals surface area contributed by atoms with Gasteiger partial charge in [0.25, 0.3) is 0 Å². The van der Waals surface area contributed by atoms with Crippen LogP contribution in [0, 0.1) is 0 Å². The van der Waals surface area contributed by atoms with Gasteiger partial charge in [-0.1, -0.05) is 0 Å². The Morgan fingerprint density at radius 2 is 2.62 bits per heavy atom. The second kappa shape index (κ2) is 2.45. The number of amidine groups is 1. The number of aliphatic imine (C=N–C) groups is 1. The minimum atomic E-state index is 0.671. The molecule has 1 heterocycles. The van der Waals surface area contributed by atoms with Gasteiger partial charge in [-0.3, -0.25) is 9.79 Å². The van der Waals surface area contributed by atoms with Gasteiger partial charge < -0.3 is 5.32 Å². The van der Waals surface area contributed by atoms with Gasteiger partial charge in [0.15, 0.2) is 0 Å². The lowest BCUT2D eigenvalue weighted by Crippen LogP contribution is -2.18. The van der Waals surface area contributed by atoms with Crippen LogP contribution in [0.2, 0.25) is 0 Å². The number of nitrogens with one attached hydrogen (secondary N) is 1. The van der Waals surface area contributed by atoms with Crippen molar-refractivity contribution in [2.24, 2.45) is 4.99 Å². The van der Waals surface area contributed by atoms with Gasteiger partial charge in [0, 0.05) is 13.0 Å². The van der Waals surface area contributed by atoms with Crippen molar-refractivity contribution >= 4 is 12.2 Å². The van der Waals surface area contributed by atoms with E-state index in [4.69, 9.17) is 0 Å². The van der Waals surface area contributed by atoms with Crippen LogP contribution in [0.4, 0.5) is 0 Å². The number of amides is 1. The normalized spacial score (nSPS) is 17.8. The quantitative estimate of drug-likeness (QED) is 0.474. The molecule has 0 aromatic rings. The number of nitrogens with zero attached hydrogens (tertiary/aromatic N) is 1. The van der Waals surface area contributed by atoms with Crippen molar-refractivity contribution < 1.29 is 4.79 Å². The fourth-order valence-corrected chi connectivity index (χ4v) is 0.725. The molecule has 0 saturated carbocycles. The fraction of sp³-hybridized carbons (Fsp3) is 0.600. The first-order valence-corrected chi connectivity index (χ1v) is 2.67. The van der Waals surface area contributed by atoms with Crippen LogP contribution in [0.15, 0.2) is 4.99 Å². The maximum Gasteiger partial charge on any atom is 0.212 e. The first-order valence-electron chi connectivity index (χ1n) is 2.67. The third kappa shape index (κ3) is 1.05. The molecule has 0 spiro atoms. The van der Waals surface area contributed by atoms with Crippen LogP contribution >= 0.6 is 0 Å². The Hall–Kier alpha value is -0.860. The Bertz CT molecular complexity index is 120. The molecule has 1 rings (SSSR count). The molecular formula is C5H8N2O. The van der Waals surface area contributed by atoms with Crippen molar-refractivity contribution in [1.82, 2.24) is 5.32 Å². The molecule has 44 valence electrons. The predicted molar refractivity (Wildman–Crippen MR) is 30.7 cm³/mol. The molecule has 3 heteroatoms. The highest BCUT2D eigenvalue weighted by Gasteiger charge is 2.02. The molecule has 1 aliphatic heterocycles. The Morgan fingerprint density at radius 1 is 1.75 bits per heavy atom. The van der Waals surface area contributed by atoms with Crippen molar-refractivity contribution in [3.63, 3.8) is 0 Å². The molecular weight excluding hydrogens is 104 g/mol. The topological polar surface area (TPSA) is 41.5 Å². The van der Waals surface area contributed by atoms with Crippen LogP contribution in [0.3, 0.4) is 0 Å². The van der Waals surface area contributed by atoms with E-state index in [-0.39, 0.29) is 0 Å². The summed E-state index contributed by atoms with van der Waals surface area (Å²) in [5.74, 6) is 0.833. The molecule has 0 saturated heterocycles. The summed E-state index contributed by atoms with van der Waals surface area (Å²) in [6.45, 7) is 0.871. The molecule has 0 radical (unpaired) electrons. The largest absolute Gasteiger partial charge is 0.317 e. The summed E-state index contributed by atoms with van der Waals surface area (Å²) >= 11 is 0. The monoisotopic (exact) mass is 112 g/mol. The van der Waals surface area contributed by atoms with E-state index in [0.717, 1.165) is 25.2 Å². The Balaban J connectivity index is 2.33. The number of hydrogen-bond acceptors (Lipinski definition) is 2. The summed E-state index contributed by atoms with van der Waals surface area (Å²) < 4.78 is 0. The van der Waals surface area contributed by atoms with E-state index in [2.05, 4.69) is 10.3 Å². The fourth-order valence-electron chi connectivity index (χ4n) is 0.725. The number of carbonyl (C=O) groups excluding carboxylic acids is 1. The summed E-state index contributed by atoms with van der Waals surface area (Å²) in [6.07, 6.45) is 2.68. The predicted octanol–water partition coefficient (Wildman–Crippen LogP) is -0.0753. The second-order valence-corrected chi connectivity index (χ2v) is 1.69. The summed E-state index contributed by atoms with van der Waals surface area (Å²) in [5.41, 5.74) is 0. The van der Waals surface area contributed by atoms with E-state index in [1.165, 1.54) is 0 Å². The Labute approximate surface area is 47.8 Å². The summed E-state index contributed by atoms with van der Waals surface area (Å²) in [5, 5.41) is 2.51. The highest BCUT2D eigenvalue weighted by molar-refractivity contribution is 5.91. The summed E-state index contributed by atoms with van der Waals surface area (Å²) in [7, 11) is 0. The zero-order chi connectivity index (χ0) is 5.82. The van der Waals surface area contributed by atoms with Crippen LogP contribution < -0.4 is 5.32 Å². The number of hydrogen-bond donors (Lipinski definition) is 1. The van der Waals surface area contributed by atoms with Crippen LogP contribution in [-0.4, -0.2) is 18.8 Å². The van der Waals surface area contributed by atoms with E-state index in [1.54, 1.807) is 0 Å². The average molecular weight is 112 g/mol. The zero-order valence-electron chi connectivity index (χ0n) is 4.55. The third-order valence-electron chi connectivity index (χ3n) is 1.10. The number of rotatable bonds is 1. The van der Waals surface area contributed by atoms with Gasteiger partial charge >= 0.3 is 0 Å². The van der Waals surface area contributed by atoms with Gasteiger partial charge in [-0.15, -0.1) is 0 Å². The van der Waals surface area contributed by atoms with Gasteiger partial charge in [0.05, 0.1) is 0 Å². The third-order valence-corrected chi connectivity index (χ3v) is 1.10. The molecule has 1 aliphatic rings. The first kappa shape index (κ1) is 5.28. The van der Waals surface area contributed by atoms with E-state index in [0.29, 0.717) is 6.41 Å². The highest BCUT2D eigenvalue weighted by Crippen LogP contribution is 1.99. The average Bonchev–Trinajstić information content (AvgIpc) is 2.19. The van der Waals surface area contributed by atoms with Gasteiger partial charge in [0.1, 0.15) is 5.84 Å². The molecule has 0 aliphatic carbocycles. The molecule has 1 N–H and O–H groups in total. The van der Waals surface area contributed by atoms with E-state index in [1.807, 2.05) is 0 Å². The molecule has 0 unspecified atom stereocenters. The second-order valence-electron chi connectivity index (χ2n) is 1.69. The van der Waals surface area contributed by atoms with Crippen molar-refractivity contribution in [3.8, 4) is 0 Å². The van der Waals surface area contributed by atoms with Crippen LogP contribution in [0.25, 0.3) is 0 Å². The minimum absolute atomic E-state index is 0.671. The summed E-state index contributed by atoms with van der Waals surface area (Å²) in [4.78, 5) is 13.8. The molecule has 0 fully saturated rings. The molecule has 3 nitrogen and oxygen atoms in total. The zero-order valence-corrected chi connectivity index (χ0v) is 4.55. The van der Waals surface area contributed by atoms with Crippen LogP contribution in [-0.2, 0) is 4.79 Å². The van der Waals surface area contributed by atoms with E-state index in [9.17, 15) is 4.79 Å². The van der Waals surface area contributed by atoms with Crippen molar-refractivity contribution in [3.05, 3.63) is 0 Å². The van der Waals surface area contributed by atoms with Crippen LogP contribution in [0.5, 0.6) is 0 Å². The maximum atomic E-state index is 9.77. The Morgan fingerprint density at radius 3 is 3.12 bits per heavy atom. The smallest absolute Gasteiger partial charge is 0.212 e. The lowest BCUT2D eigenvalue weighted by Gasteiger charge is -1.90. The Kier molecular flexibility index (Phi) is 1.62. The minimum Gasteiger partial charge on any atom is -0.317 e. The molecule has 8 heavy (non-hydrogen) atoms. The molecule has 0 bridgehead atoms. The SMILES string of the molecule is O=CNC1=NCCC1. The van der Waals surface area contributed by atoms with Gasteiger partial charge in [-0.25, -0.2) is 0 Å². The van der Waals surface area contributed by atoms with Gasteiger partial charge in [0.2, 0.25) is 6.41 Å². The van der Waals surface area contributed by atoms with E-state index >= 15 is 0 Å². The van der Waals surface area contributed by atoms with E-state index < -0.39 is 0 Å². The van der Waals surface area contributed by atoms with Crippen LogP contribution in [0.1, 0.15) is 12.8 Å². The first-order chi connectivity index (χ1) is 3.93. The molecule has 0 atom stereocenters. The summed E-state index contributed by atoms with van der Waals surface area (Å²) in [6, 6.07) is 0. The highest BCUT2D eigenvalue weighted by atomic mass is 16.1. The molecule has 0 aromatic heterocycles. The molecule has 1 amide bonds. The van der Waals surface area contributed by atoms with Gasteiger partial charge in [-0.2, -0.15) is 0 Å². The van der Waals surface area contributed by atoms with Crippen molar-refractivity contribution in [2.45, 2.75) is 12.8 Å². The number of carbonyl (C=O) groups is 1. The molecule has 0 aromatic carbocycles. The van der Waals surface area contributed by atoms with Crippen molar-refractivity contribution in [2.75, 3.05) is 6.54 Å². The standard InChI is InChI=1S/C5H8N2O/c8-4-7-5-2-1-3-6-5/h4H,1-3H2,(H,6,7,8). The lowest BCUT2D eigenvalue weighted by molar-refractivity contribution is -0.108. The maximum absolute atomic E-state index is 9.77. The lowest BCUT2D eigenvalue weighted by atomic mass is 10.3.